The first kappa shape index (κ1) is 20.8. The number of carbonyl (C=O) groups excluding carboxylic acids is 2. The van der Waals surface area contributed by atoms with E-state index in [9.17, 15) is 18.0 Å². The first-order valence-electron chi connectivity index (χ1n) is 8.71. The van der Waals surface area contributed by atoms with Gasteiger partial charge in [-0.2, -0.15) is 0 Å². The van der Waals surface area contributed by atoms with E-state index >= 15 is 0 Å². The fourth-order valence-electron chi connectivity index (χ4n) is 3.03. The molecule has 0 bridgehead atoms. The lowest BCUT2D eigenvalue weighted by atomic mass is 9.90. The number of esters is 1. The summed E-state index contributed by atoms with van der Waals surface area (Å²) in [7, 11) is -3.44. The van der Waals surface area contributed by atoms with Crippen LogP contribution in [0.4, 0.5) is 5.69 Å². The minimum atomic E-state index is -3.44. The molecule has 6 nitrogen and oxygen atoms in total. The van der Waals surface area contributed by atoms with Gasteiger partial charge in [-0.05, 0) is 55.0 Å². The third-order valence-corrected chi connectivity index (χ3v) is 7.16. The summed E-state index contributed by atoms with van der Waals surface area (Å²) in [5, 5.41) is 2.66. The Bertz CT molecular complexity index is 1030. The van der Waals surface area contributed by atoms with E-state index < -0.39 is 28.3 Å². The van der Waals surface area contributed by atoms with Crippen LogP contribution in [-0.4, -0.2) is 33.2 Å². The third-order valence-electron chi connectivity index (χ3n) is 4.50. The van der Waals surface area contributed by atoms with Gasteiger partial charge in [-0.25, -0.2) is 13.2 Å². The average Bonchev–Trinajstić information content (AvgIpc) is 3.03. The molecule has 1 aromatic heterocycles. The van der Waals surface area contributed by atoms with Crippen LogP contribution in [0, 0.1) is 5.92 Å². The Labute approximate surface area is 172 Å². The average molecular weight is 442 g/mol. The van der Waals surface area contributed by atoms with Crippen molar-refractivity contribution in [2.24, 2.45) is 5.92 Å². The standard InChI is InChI=1S/C19H20ClNO5S2/c1-11-3-6-16-12(7-11)8-17(27-16)19(23)26-10-18(22)21-15-9-13(28(2,24)25)4-5-14(15)20/h4-5,8-9,11H,3,6-7,10H2,1-2H3,(H,21,22). The molecule has 3 rings (SSSR count). The fraction of sp³-hybridized carbons (Fsp3) is 0.368. The van der Waals surface area contributed by atoms with Crippen molar-refractivity contribution in [1.29, 1.82) is 0 Å². The quantitative estimate of drug-likeness (QED) is 0.714. The smallest absolute Gasteiger partial charge is 0.348 e. The van der Waals surface area contributed by atoms with Crippen LogP contribution >= 0.6 is 22.9 Å². The lowest BCUT2D eigenvalue weighted by Gasteiger charge is -2.16. The van der Waals surface area contributed by atoms with Crippen LogP contribution in [-0.2, 0) is 32.2 Å². The van der Waals surface area contributed by atoms with Crippen LogP contribution in [0.3, 0.4) is 0 Å². The number of fused-ring (bicyclic) bond motifs is 1. The molecule has 1 aliphatic carbocycles. The highest BCUT2D eigenvalue weighted by molar-refractivity contribution is 7.90. The molecular weight excluding hydrogens is 422 g/mol. The van der Waals surface area contributed by atoms with Crippen molar-refractivity contribution >= 4 is 50.3 Å². The lowest BCUT2D eigenvalue weighted by molar-refractivity contribution is -0.119. The van der Waals surface area contributed by atoms with E-state index in [2.05, 4.69) is 12.2 Å². The number of benzene rings is 1. The van der Waals surface area contributed by atoms with Crippen LogP contribution in [0.5, 0.6) is 0 Å². The number of carbonyl (C=O) groups is 2. The maximum atomic E-state index is 12.3. The Kier molecular flexibility index (Phi) is 6.12. The molecule has 0 aliphatic heterocycles. The van der Waals surface area contributed by atoms with Crippen LogP contribution < -0.4 is 5.32 Å². The lowest BCUT2D eigenvalue weighted by Crippen LogP contribution is -2.21. The monoisotopic (exact) mass is 441 g/mol. The van der Waals surface area contributed by atoms with Gasteiger partial charge in [0.15, 0.2) is 16.4 Å². The number of hydrogen-bond donors (Lipinski definition) is 1. The van der Waals surface area contributed by atoms with E-state index in [-0.39, 0.29) is 15.6 Å². The summed E-state index contributed by atoms with van der Waals surface area (Å²) in [6.45, 7) is 1.70. The number of amides is 1. The summed E-state index contributed by atoms with van der Waals surface area (Å²) in [6.07, 6.45) is 4.08. The molecule has 1 N–H and O–H groups in total. The van der Waals surface area contributed by atoms with Crippen molar-refractivity contribution in [3.05, 3.63) is 44.6 Å². The number of ether oxygens (including phenoxy) is 1. The number of sulfone groups is 1. The molecule has 150 valence electrons. The molecular formula is C19H20ClNO5S2. The first-order valence-corrected chi connectivity index (χ1v) is 11.8. The molecule has 1 atom stereocenters. The summed E-state index contributed by atoms with van der Waals surface area (Å²) in [6, 6.07) is 5.86. The maximum absolute atomic E-state index is 12.3. The van der Waals surface area contributed by atoms with Crippen molar-refractivity contribution in [2.45, 2.75) is 31.1 Å². The highest BCUT2D eigenvalue weighted by Gasteiger charge is 2.22. The van der Waals surface area contributed by atoms with Crippen molar-refractivity contribution in [3.63, 3.8) is 0 Å². The second-order valence-electron chi connectivity index (χ2n) is 6.95. The largest absolute Gasteiger partial charge is 0.451 e. The Morgan fingerprint density at radius 2 is 2.07 bits per heavy atom. The first-order chi connectivity index (χ1) is 13.1. The minimum absolute atomic E-state index is 0.0302. The van der Waals surface area contributed by atoms with Gasteiger partial charge in [-0.3, -0.25) is 4.79 Å². The zero-order valence-corrected chi connectivity index (χ0v) is 17.8. The third kappa shape index (κ3) is 4.92. The number of nitrogens with one attached hydrogen (secondary N) is 1. The number of rotatable bonds is 5. The van der Waals surface area contributed by atoms with Gasteiger partial charge >= 0.3 is 5.97 Å². The van der Waals surface area contributed by atoms with Gasteiger partial charge in [-0.1, -0.05) is 18.5 Å². The number of halogens is 1. The predicted octanol–water partition coefficient (Wildman–Crippen LogP) is 3.73. The molecule has 28 heavy (non-hydrogen) atoms. The summed E-state index contributed by atoms with van der Waals surface area (Å²) in [5.41, 5.74) is 1.33. The van der Waals surface area contributed by atoms with Gasteiger partial charge in [0.1, 0.15) is 4.88 Å². The molecule has 1 amide bonds. The Morgan fingerprint density at radius 1 is 1.32 bits per heavy atom. The second-order valence-corrected chi connectivity index (χ2v) is 10.5. The molecule has 1 unspecified atom stereocenters. The molecule has 1 aliphatic rings. The molecule has 0 spiro atoms. The summed E-state index contributed by atoms with van der Waals surface area (Å²) in [5.74, 6) is -0.543. The highest BCUT2D eigenvalue weighted by Crippen LogP contribution is 2.32. The van der Waals surface area contributed by atoms with E-state index in [1.807, 2.05) is 6.07 Å². The Balaban J connectivity index is 1.61. The molecule has 0 fully saturated rings. The van der Waals surface area contributed by atoms with Gasteiger partial charge in [0.2, 0.25) is 0 Å². The topological polar surface area (TPSA) is 89.5 Å². The summed E-state index contributed by atoms with van der Waals surface area (Å²) >= 11 is 7.42. The SMILES string of the molecule is CC1CCc2sc(C(=O)OCC(=O)Nc3cc(S(C)(=O)=O)ccc3Cl)cc2C1. The molecule has 0 saturated heterocycles. The van der Waals surface area contributed by atoms with E-state index in [0.29, 0.717) is 10.8 Å². The number of hydrogen-bond acceptors (Lipinski definition) is 6. The molecule has 2 aromatic rings. The second kappa shape index (κ2) is 8.23. The molecule has 1 aromatic carbocycles. The normalized spacial score (nSPS) is 16.3. The van der Waals surface area contributed by atoms with E-state index in [0.717, 1.165) is 25.5 Å². The maximum Gasteiger partial charge on any atom is 0.348 e. The van der Waals surface area contributed by atoms with Crippen molar-refractivity contribution < 1.29 is 22.7 Å². The van der Waals surface area contributed by atoms with E-state index in [1.165, 1.54) is 40.0 Å². The zero-order valence-electron chi connectivity index (χ0n) is 15.5. The van der Waals surface area contributed by atoms with Crippen molar-refractivity contribution in [2.75, 3.05) is 18.2 Å². The van der Waals surface area contributed by atoms with Crippen LogP contribution in [0.1, 0.15) is 33.5 Å². The summed E-state index contributed by atoms with van der Waals surface area (Å²) < 4.78 is 28.4. The van der Waals surface area contributed by atoms with Crippen molar-refractivity contribution in [1.82, 2.24) is 0 Å². The Morgan fingerprint density at radius 3 is 2.79 bits per heavy atom. The predicted molar refractivity (Wildman–Crippen MR) is 109 cm³/mol. The highest BCUT2D eigenvalue weighted by atomic mass is 35.5. The van der Waals surface area contributed by atoms with Crippen LogP contribution in [0.2, 0.25) is 5.02 Å². The summed E-state index contributed by atoms with van der Waals surface area (Å²) in [4.78, 5) is 26.1. The number of aryl methyl sites for hydroxylation is 1. The number of anilines is 1. The van der Waals surface area contributed by atoms with E-state index in [4.69, 9.17) is 16.3 Å². The van der Waals surface area contributed by atoms with Gasteiger partial charge in [0.05, 0.1) is 15.6 Å². The molecule has 0 saturated carbocycles. The molecule has 0 radical (unpaired) electrons. The van der Waals surface area contributed by atoms with Gasteiger partial charge < -0.3 is 10.1 Å². The van der Waals surface area contributed by atoms with Gasteiger partial charge in [0, 0.05) is 11.1 Å². The van der Waals surface area contributed by atoms with Crippen LogP contribution in [0.15, 0.2) is 29.2 Å². The zero-order chi connectivity index (χ0) is 20.5. The number of thiophene rings is 1. The molecule has 9 heteroatoms. The minimum Gasteiger partial charge on any atom is -0.451 e. The van der Waals surface area contributed by atoms with Gasteiger partial charge in [0.25, 0.3) is 5.91 Å². The van der Waals surface area contributed by atoms with E-state index in [1.54, 1.807) is 0 Å². The van der Waals surface area contributed by atoms with Crippen LogP contribution in [0.25, 0.3) is 0 Å². The Hall–Kier alpha value is -1.90. The fourth-order valence-corrected chi connectivity index (χ4v) is 4.94. The molecule has 1 heterocycles. The van der Waals surface area contributed by atoms with Crippen molar-refractivity contribution in [3.8, 4) is 0 Å². The van der Waals surface area contributed by atoms with Gasteiger partial charge in [-0.15, -0.1) is 11.3 Å².